The lowest BCUT2D eigenvalue weighted by Crippen LogP contribution is -2.23. The molecule has 0 aliphatic carbocycles. The van der Waals surface area contributed by atoms with E-state index in [4.69, 9.17) is 22.1 Å². The maximum absolute atomic E-state index is 11.9. The SMILES string of the molecule is CCCCOC(=O)c1cc(N)c(N(CC)CC)c(Cl)c1. The van der Waals surface area contributed by atoms with Crippen molar-refractivity contribution in [3.05, 3.63) is 22.7 Å². The van der Waals surface area contributed by atoms with Crippen LogP contribution in [-0.4, -0.2) is 25.7 Å². The van der Waals surface area contributed by atoms with Crippen molar-refractivity contribution in [1.29, 1.82) is 0 Å². The second-order valence-electron chi connectivity index (χ2n) is 4.56. The van der Waals surface area contributed by atoms with E-state index in [0.29, 0.717) is 22.9 Å². The van der Waals surface area contributed by atoms with E-state index < -0.39 is 0 Å². The number of halogens is 1. The number of anilines is 2. The van der Waals surface area contributed by atoms with Crippen LogP contribution < -0.4 is 10.6 Å². The number of unbranched alkanes of at least 4 members (excludes halogenated alkanes) is 1. The zero-order chi connectivity index (χ0) is 15.1. The van der Waals surface area contributed by atoms with Gasteiger partial charge in [0.1, 0.15) is 0 Å². The number of benzene rings is 1. The Kier molecular flexibility index (Phi) is 6.65. The molecule has 0 fully saturated rings. The molecule has 0 aliphatic heterocycles. The number of nitrogens with two attached hydrogens (primary N) is 1. The normalized spacial score (nSPS) is 10.4. The molecule has 0 radical (unpaired) electrons. The lowest BCUT2D eigenvalue weighted by atomic mass is 10.1. The van der Waals surface area contributed by atoms with Crippen LogP contribution in [0.1, 0.15) is 44.0 Å². The molecule has 1 aromatic rings. The van der Waals surface area contributed by atoms with Crippen LogP contribution in [0, 0.1) is 0 Å². The van der Waals surface area contributed by atoms with Gasteiger partial charge in [0.25, 0.3) is 0 Å². The highest BCUT2D eigenvalue weighted by atomic mass is 35.5. The van der Waals surface area contributed by atoms with Crippen molar-refractivity contribution in [3.63, 3.8) is 0 Å². The van der Waals surface area contributed by atoms with E-state index in [0.717, 1.165) is 31.6 Å². The smallest absolute Gasteiger partial charge is 0.338 e. The summed E-state index contributed by atoms with van der Waals surface area (Å²) in [5, 5.41) is 0.483. The minimum Gasteiger partial charge on any atom is -0.462 e. The highest BCUT2D eigenvalue weighted by Gasteiger charge is 2.16. The summed E-state index contributed by atoms with van der Waals surface area (Å²) < 4.78 is 5.16. The number of hydrogen-bond donors (Lipinski definition) is 1. The standard InChI is InChI=1S/C15H23ClN2O2/c1-4-7-8-20-15(19)11-9-12(16)14(13(17)10-11)18(5-2)6-3/h9-10H,4-8,17H2,1-3H3. The van der Waals surface area contributed by atoms with Crippen molar-refractivity contribution in [3.8, 4) is 0 Å². The summed E-state index contributed by atoms with van der Waals surface area (Å²) in [5.41, 5.74) is 7.72. The predicted octanol–water partition coefficient (Wildman–Crippen LogP) is 3.73. The molecule has 0 spiro atoms. The van der Waals surface area contributed by atoms with Gasteiger partial charge in [0.2, 0.25) is 0 Å². The minimum atomic E-state index is -0.377. The monoisotopic (exact) mass is 298 g/mol. The highest BCUT2D eigenvalue weighted by molar-refractivity contribution is 6.34. The predicted molar refractivity (Wildman–Crippen MR) is 84.6 cm³/mol. The van der Waals surface area contributed by atoms with Crippen molar-refractivity contribution in [2.24, 2.45) is 0 Å². The van der Waals surface area contributed by atoms with Gasteiger partial charge in [0.15, 0.2) is 0 Å². The highest BCUT2D eigenvalue weighted by Crippen LogP contribution is 2.33. The Labute approximate surface area is 125 Å². The van der Waals surface area contributed by atoms with Crippen molar-refractivity contribution in [2.75, 3.05) is 30.3 Å². The molecule has 0 unspecified atom stereocenters. The molecule has 1 aromatic carbocycles. The molecule has 2 N–H and O–H groups in total. The zero-order valence-electron chi connectivity index (χ0n) is 12.4. The summed E-state index contributed by atoms with van der Waals surface area (Å²) in [6, 6.07) is 3.26. The molecule has 4 nitrogen and oxygen atoms in total. The molecule has 0 saturated carbocycles. The fraction of sp³-hybridized carbons (Fsp3) is 0.533. The first-order valence-corrected chi connectivity index (χ1v) is 7.43. The van der Waals surface area contributed by atoms with Crippen molar-refractivity contribution >= 4 is 28.9 Å². The molecular formula is C15H23ClN2O2. The lowest BCUT2D eigenvalue weighted by Gasteiger charge is -2.24. The molecule has 20 heavy (non-hydrogen) atoms. The summed E-state index contributed by atoms with van der Waals surface area (Å²) in [5.74, 6) is -0.377. The van der Waals surface area contributed by atoms with Crippen molar-refractivity contribution in [1.82, 2.24) is 0 Å². The second kappa shape index (κ2) is 8.00. The number of esters is 1. The first kappa shape index (κ1) is 16.6. The molecule has 0 amide bonds. The average Bonchev–Trinajstić information content (AvgIpc) is 2.42. The number of ether oxygens (including phenoxy) is 1. The van der Waals surface area contributed by atoms with E-state index >= 15 is 0 Å². The van der Waals surface area contributed by atoms with E-state index in [9.17, 15) is 4.79 Å². The average molecular weight is 299 g/mol. The number of nitrogens with zero attached hydrogens (tertiary/aromatic N) is 1. The van der Waals surface area contributed by atoms with Crippen LogP contribution in [0.5, 0.6) is 0 Å². The Morgan fingerprint density at radius 1 is 1.30 bits per heavy atom. The van der Waals surface area contributed by atoms with Crippen LogP contribution in [0.15, 0.2) is 12.1 Å². The molecule has 112 valence electrons. The van der Waals surface area contributed by atoms with Crippen LogP contribution in [0.25, 0.3) is 0 Å². The number of hydrogen-bond acceptors (Lipinski definition) is 4. The van der Waals surface area contributed by atoms with Crippen LogP contribution in [0.3, 0.4) is 0 Å². The molecule has 5 heteroatoms. The molecular weight excluding hydrogens is 276 g/mol. The lowest BCUT2D eigenvalue weighted by molar-refractivity contribution is 0.0500. The van der Waals surface area contributed by atoms with Crippen molar-refractivity contribution in [2.45, 2.75) is 33.6 Å². The van der Waals surface area contributed by atoms with E-state index in [-0.39, 0.29) is 5.97 Å². The van der Waals surface area contributed by atoms with Crippen LogP contribution >= 0.6 is 11.6 Å². The maximum atomic E-state index is 11.9. The largest absolute Gasteiger partial charge is 0.462 e. The summed E-state index contributed by atoms with van der Waals surface area (Å²) in [4.78, 5) is 14.0. The van der Waals surface area contributed by atoms with E-state index in [1.807, 2.05) is 20.8 Å². The number of nitrogen functional groups attached to an aromatic ring is 1. The molecule has 1 rings (SSSR count). The van der Waals surface area contributed by atoms with E-state index in [2.05, 4.69) is 4.90 Å². The molecule has 0 aromatic heterocycles. The van der Waals surface area contributed by atoms with Gasteiger partial charge in [-0.25, -0.2) is 4.79 Å². The summed E-state index contributed by atoms with van der Waals surface area (Å²) in [6.07, 6.45) is 1.84. The molecule has 0 aliphatic rings. The third kappa shape index (κ3) is 4.04. The molecule has 0 heterocycles. The van der Waals surface area contributed by atoms with Gasteiger partial charge in [-0.15, -0.1) is 0 Å². The Bertz CT molecular complexity index is 436. The van der Waals surface area contributed by atoms with Crippen LogP contribution in [0.2, 0.25) is 5.02 Å². The van der Waals surface area contributed by atoms with Gasteiger partial charge in [-0.1, -0.05) is 24.9 Å². The fourth-order valence-corrected chi connectivity index (χ4v) is 2.35. The van der Waals surface area contributed by atoms with Gasteiger partial charge < -0.3 is 15.4 Å². The van der Waals surface area contributed by atoms with Gasteiger partial charge in [0.05, 0.1) is 28.6 Å². The van der Waals surface area contributed by atoms with Gasteiger partial charge in [-0.2, -0.15) is 0 Å². The number of carbonyl (C=O) groups excluding carboxylic acids is 1. The Hall–Kier alpha value is -1.42. The van der Waals surface area contributed by atoms with Crippen molar-refractivity contribution < 1.29 is 9.53 Å². The van der Waals surface area contributed by atoms with E-state index in [1.54, 1.807) is 12.1 Å². The Morgan fingerprint density at radius 2 is 1.95 bits per heavy atom. The first-order valence-electron chi connectivity index (χ1n) is 7.06. The number of rotatable bonds is 7. The summed E-state index contributed by atoms with van der Waals surface area (Å²) in [6.45, 7) is 8.14. The van der Waals surface area contributed by atoms with Gasteiger partial charge in [0, 0.05) is 13.1 Å². The first-order chi connectivity index (χ1) is 9.54. The Morgan fingerprint density at radius 3 is 2.45 bits per heavy atom. The molecule has 0 atom stereocenters. The third-order valence-electron chi connectivity index (χ3n) is 3.14. The second-order valence-corrected chi connectivity index (χ2v) is 4.96. The molecule has 0 saturated heterocycles. The van der Waals surface area contributed by atoms with Gasteiger partial charge >= 0.3 is 5.97 Å². The Balaban J connectivity index is 2.95. The maximum Gasteiger partial charge on any atom is 0.338 e. The summed E-state index contributed by atoms with van der Waals surface area (Å²) in [7, 11) is 0. The molecule has 0 bridgehead atoms. The van der Waals surface area contributed by atoms with Crippen LogP contribution in [0.4, 0.5) is 11.4 Å². The zero-order valence-corrected chi connectivity index (χ0v) is 13.2. The quantitative estimate of drug-likeness (QED) is 0.473. The van der Waals surface area contributed by atoms with E-state index in [1.165, 1.54) is 0 Å². The summed E-state index contributed by atoms with van der Waals surface area (Å²) >= 11 is 6.26. The minimum absolute atomic E-state index is 0.377. The van der Waals surface area contributed by atoms with Gasteiger partial charge in [-0.05, 0) is 32.4 Å². The fourth-order valence-electron chi connectivity index (χ4n) is 2.00. The topological polar surface area (TPSA) is 55.6 Å². The van der Waals surface area contributed by atoms with Crippen LogP contribution in [-0.2, 0) is 4.74 Å². The number of carbonyl (C=O) groups is 1. The third-order valence-corrected chi connectivity index (χ3v) is 3.43. The van der Waals surface area contributed by atoms with Gasteiger partial charge in [-0.3, -0.25) is 0 Å².